The number of ether oxygens (including phenoxy) is 1. The minimum atomic E-state index is 0.0322. The molecule has 1 aromatic heterocycles. The summed E-state index contributed by atoms with van der Waals surface area (Å²) in [4.78, 5) is 26.9. The fourth-order valence-corrected chi connectivity index (χ4v) is 4.31. The van der Waals surface area contributed by atoms with E-state index in [1.165, 1.54) is 0 Å². The predicted molar refractivity (Wildman–Crippen MR) is 115 cm³/mol. The van der Waals surface area contributed by atoms with Crippen LogP contribution in [0, 0.1) is 11.8 Å². The van der Waals surface area contributed by atoms with Gasteiger partial charge in [-0.3, -0.25) is 4.79 Å². The summed E-state index contributed by atoms with van der Waals surface area (Å²) in [6.45, 7) is 9.74. The fourth-order valence-electron chi connectivity index (χ4n) is 4.31. The summed E-state index contributed by atoms with van der Waals surface area (Å²) >= 11 is 0. The van der Waals surface area contributed by atoms with Crippen LogP contribution in [0.3, 0.4) is 0 Å². The van der Waals surface area contributed by atoms with E-state index in [1.807, 2.05) is 38.1 Å². The number of carbonyl (C=O) groups is 1. The van der Waals surface area contributed by atoms with Crippen LogP contribution in [-0.2, 0) is 4.79 Å². The van der Waals surface area contributed by atoms with Gasteiger partial charge in [-0.2, -0.15) is 0 Å². The van der Waals surface area contributed by atoms with E-state index in [1.54, 1.807) is 0 Å². The van der Waals surface area contributed by atoms with Crippen LogP contribution in [0.25, 0.3) is 11.0 Å². The van der Waals surface area contributed by atoms with Crippen molar-refractivity contribution < 1.29 is 9.53 Å². The first-order chi connectivity index (χ1) is 14.0. The lowest BCUT2D eigenvalue weighted by Crippen LogP contribution is -2.45. The molecule has 6 heteroatoms. The normalized spacial score (nSPS) is 19.2. The highest BCUT2D eigenvalue weighted by Gasteiger charge is 2.31. The molecule has 2 aromatic rings. The standard InChI is InChI=1S/C23H32N4O2/c1-16(2)29-22-21(24-19-6-4-5-7-20(19)25-22)26-14-10-18(11-15-26)23(28)27-12-8-17(3)9-13-27/h4-7,16-18H,8-15H2,1-3H3. The van der Waals surface area contributed by atoms with E-state index in [0.717, 1.165) is 74.6 Å². The maximum Gasteiger partial charge on any atom is 0.258 e. The minimum absolute atomic E-state index is 0.0322. The highest BCUT2D eigenvalue weighted by atomic mass is 16.5. The van der Waals surface area contributed by atoms with Gasteiger partial charge in [0, 0.05) is 32.1 Å². The van der Waals surface area contributed by atoms with Crippen LogP contribution in [0.5, 0.6) is 5.88 Å². The van der Waals surface area contributed by atoms with E-state index in [-0.39, 0.29) is 12.0 Å². The molecule has 3 heterocycles. The number of rotatable bonds is 4. The van der Waals surface area contributed by atoms with Gasteiger partial charge in [0.2, 0.25) is 5.91 Å². The van der Waals surface area contributed by atoms with Crippen molar-refractivity contribution in [3.8, 4) is 5.88 Å². The quantitative estimate of drug-likeness (QED) is 0.785. The zero-order valence-corrected chi connectivity index (χ0v) is 17.8. The summed E-state index contributed by atoms with van der Waals surface area (Å²) in [6, 6.07) is 7.89. The largest absolute Gasteiger partial charge is 0.472 e. The molecule has 0 N–H and O–H groups in total. The Balaban J connectivity index is 1.47. The molecule has 6 nitrogen and oxygen atoms in total. The van der Waals surface area contributed by atoms with E-state index in [0.29, 0.717) is 11.8 Å². The lowest BCUT2D eigenvalue weighted by atomic mass is 9.92. The number of fused-ring (bicyclic) bond motifs is 1. The molecule has 2 saturated heterocycles. The predicted octanol–water partition coefficient (Wildman–Crippen LogP) is 3.89. The molecule has 0 saturated carbocycles. The van der Waals surface area contributed by atoms with Gasteiger partial charge in [-0.05, 0) is 57.6 Å². The van der Waals surface area contributed by atoms with Crippen molar-refractivity contribution >= 4 is 22.8 Å². The molecule has 0 bridgehead atoms. The molecule has 0 spiro atoms. The Morgan fingerprint density at radius 2 is 1.62 bits per heavy atom. The third-order valence-corrected chi connectivity index (χ3v) is 6.11. The molecule has 2 fully saturated rings. The van der Waals surface area contributed by atoms with Crippen molar-refractivity contribution in [2.45, 2.75) is 52.6 Å². The van der Waals surface area contributed by atoms with Crippen LogP contribution < -0.4 is 9.64 Å². The summed E-state index contributed by atoms with van der Waals surface area (Å²) < 4.78 is 6.00. The number of nitrogens with zero attached hydrogens (tertiary/aromatic N) is 4. The number of aromatic nitrogens is 2. The molecule has 4 rings (SSSR count). The van der Waals surface area contributed by atoms with Gasteiger partial charge in [-0.15, -0.1) is 0 Å². The highest BCUT2D eigenvalue weighted by molar-refractivity contribution is 5.80. The summed E-state index contributed by atoms with van der Waals surface area (Å²) in [6.07, 6.45) is 4.02. The zero-order valence-electron chi connectivity index (χ0n) is 17.8. The average Bonchev–Trinajstić information content (AvgIpc) is 2.73. The van der Waals surface area contributed by atoms with Gasteiger partial charge in [-0.25, -0.2) is 9.97 Å². The molecule has 2 aliphatic rings. The van der Waals surface area contributed by atoms with Gasteiger partial charge in [0.25, 0.3) is 5.88 Å². The topological polar surface area (TPSA) is 58.6 Å². The monoisotopic (exact) mass is 396 g/mol. The molecule has 0 unspecified atom stereocenters. The van der Waals surface area contributed by atoms with Crippen molar-refractivity contribution in [1.29, 1.82) is 0 Å². The molecular formula is C23H32N4O2. The number of para-hydroxylation sites is 2. The summed E-state index contributed by atoms with van der Waals surface area (Å²) in [7, 11) is 0. The molecule has 1 amide bonds. The second kappa shape index (κ2) is 8.56. The first-order valence-corrected chi connectivity index (χ1v) is 11.0. The van der Waals surface area contributed by atoms with Crippen LogP contribution in [0.2, 0.25) is 0 Å². The van der Waals surface area contributed by atoms with E-state index in [9.17, 15) is 4.79 Å². The Morgan fingerprint density at radius 1 is 1.00 bits per heavy atom. The Bertz CT molecular complexity index is 853. The second-order valence-electron chi connectivity index (χ2n) is 8.78. The fraction of sp³-hybridized carbons (Fsp3) is 0.609. The van der Waals surface area contributed by atoms with Gasteiger partial charge >= 0.3 is 0 Å². The Kier molecular flexibility index (Phi) is 5.88. The van der Waals surface area contributed by atoms with Crippen molar-refractivity contribution in [2.75, 3.05) is 31.1 Å². The Labute approximate surface area is 173 Å². The van der Waals surface area contributed by atoms with Crippen LogP contribution in [0.15, 0.2) is 24.3 Å². The lowest BCUT2D eigenvalue weighted by Gasteiger charge is -2.37. The molecule has 29 heavy (non-hydrogen) atoms. The second-order valence-corrected chi connectivity index (χ2v) is 8.78. The number of likely N-dealkylation sites (tertiary alicyclic amines) is 1. The van der Waals surface area contributed by atoms with Gasteiger partial charge in [0.1, 0.15) is 0 Å². The van der Waals surface area contributed by atoms with Crippen molar-refractivity contribution in [3.63, 3.8) is 0 Å². The van der Waals surface area contributed by atoms with Gasteiger partial charge in [0.15, 0.2) is 5.82 Å². The molecule has 2 aliphatic heterocycles. The zero-order chi connectivity index (χ0) is 20.4. The summed E-state index contributed by atoms with van der Waals surface area (Å²) in [5.74, 6) is 2.61. The molecule has 0 radical (unpaired) electrons. The first-order valence-electron chi connectivity index (χ1n) is 11.0. The number of anilines is 1. The minimum Gasteiger partial charge on any atom is -0.472 e. The Morgan fingerprint density at radius 3 is 2.24 bits per heavy atom. The van der Waals surface area contributed by atoms with Crippen molar-refractivity contribution in [1.82, 2.24) is 14.9 Å². The van der Waals surface area contributed by atoms with E-state index in [4.69, 9.17) is 14.7 Å². The van der Waals surface area contributed by atoms with Crippen molar-refractivity contribution in [2.24, 2.45) is 11.8 Å². The van der Waals surface area contributed by atoms with Gasteiger partial charge < -0.3 is 14.5 Å². The number of hydrogen-bond donors (Lipinski definition) is 0. The SMILES string of the molecule is CC1CCN(C(=O)C2CCN(c3nc4ccccc4nc3OC(C)C)CC2)CC1. The Hall–Kier alpha value is -2.37. The average molecular weight is 397 g/mol. The molecular weight excluding hydrogens is 364 g/mol. The smallest absolute Gasteiger partial charge is 0.258 e. The van der Waals surface area contributed by atoms with Crippen molar-refractivity contribution in [3.05, 3.63) is 24.3 Å². The lowest BCUT2D eigenvalue weighted by molar-refractivity contribution is -0.137. The number of carbonyl (C=O) groups excluding carboxylic acids is 1. The molecule has 1 aromatic carbocycles. The van der Waals surface area contributed by atoms with Gasteiger partial charge in [0.05, 0.1) is 17.1 Å². The molecule has 0 atom stereocenters. The summed E-state index contributed by atoms with van der Waals surface area (Å²) in [5.41, 5.74) is 1.72. The number of hydrogen-bond acceptors (Lipinski definition) is 5. The molecule has 156 valence electrons. The van der Waals surface area contributed by atoms with Crippen LogP contribution in [0.4, 0.5) is 5.82 Å². The summed E-state index contributed by atoms with van der Waals surface area (Å²) in [5, 5.41) is 0. The highest BCUT2D eigenvalue weighted by Crippen LogP contribution is 2.32. The number of piperidine rings is 2. The van der Waals surface area contributed by atoms with Crippen LogP contribution in [-0.4, -0.2) is 53.1 Å². The number of amides is 1. The third-order valence-electron chi connectivity index (χ3n) is 6.11. The third kappa shape index (κ3) is 4.46. The first kappa shape index (κ1) is 19.9. The molecule has 0 aliphatic carbocycles. The maximum atomic E-state index is 12.9. The van der Waals surface area contributed by atoms with E-state index in [2.05, 4.69) is 16.7 Å². The number of benzene rings is 1. The van der Waals surface area contributed by atoms with Crippen LogP contribution >= 0.6 is 0 Å². The maximum absolute atomic E-state index is 12.9. The van der Waals surface area contributed by atoms with Gasteiger partial charge in [-0.1, -0.05) is 19.1 Å². The van der Waals surface area contributed by atoms with Crippen LogP contribution in [0.1, 0.15) is 46.5 Å². The van der Waals surface area contributed by atoms with E-state index < -0.39 is 0 Å². The van der Waals surface area contributed by atoms with E-state index >= 15 is 0 Å².